The average Bonchev–Trinajstić information content (AvgIpc) is 2.62. The highest BCUT2D eigenvalue weighted by Gasteiger charge is 2.19. The van der Waals surface area contributed by atoms with E-state index in [1.54, 1.807) is 18.6 Å². The van der Waals surface area contributed by atoms with E-state index in [0.29, 0.717) is 50.7 Å². The molecule has 0 atom stereocenters. The molecule has 3 heterocycles. The quantitative estimate of drug-likeness (QED) is 0.815. The van der Waals surface area contributed by atoms with E-state index >= 15 is 0 Å². The molecule has 1 saturated heterocycles. The first kappa shape index (κ1) is 15.6. The molecular formula is C15H19N5O3. The normalized spacial score (nSPS) is 14.9. The maximum atomic E-state index is 12.8. The Morgan fingerprint density at radius 1 is 1.22 bits per heavy atom. The number of morpholine rings is 1. The van der Waals surface area contributed by atoms with Gasteiger partial charge in [0.2, 0.25) is 0 Å². The molecule has 2 aromatic heterocycles. The van der Waals surface area contributed by atoms with Crippen molar-refractivity contribution in [1.29, 1.82) is 0 Å². The minimum Gasteiger partial charge on any atom is -0.396 e. The van der Waals surface area contributed by atoms with Crippen LogP contribution in [0, 0.1) is 0 Å². The van der Waals surface area contributed by atoms with Crippen molar-refractivity contribution in [3.63, 3.8) is 0 Å². The molecule has 0 aromatic carbocycles. The molecule has 23 heavy (non-hydrogen) atoms. The lowest BCUT2D eigenvalue weighted by Gasteiger charge is -2.28. The van der Waals surface area contributed by atoms with Crippen LogP contribution in [0.1, 0.15) is 12.1 Å². The van der Waals surface area contributed by atoms with Crippen LogP contribution in [0.25, 0.3) is 5.69 Å². The summed E-state index contributed by atoms with van der Waals surface area (Å²) in [5.74, 6) is 0.410. The van der Waals surface area contributed by atoms with Crippen LogP contribution < -0.4 is 10.5 Å². The molecule has 122 valence electrons. The SMILES string of the molecule is O=c1c(N2CCOCC2)nc(CCCO)cn1-c1cncnc1. The second kappa shape index (κ2) is 7.30. The number of nitrogens with zero attached hydrogens (tertiary/aromatic N) is 5. The van der Waals surface area contributed by atoms with E-state index in [-0.39, 0.29) is 12.2 Å². The first-order chi connectivity index (χ1) is 11.3. The van der Waals surface area contributed by atoms with Crippen molar-refractivity contribution in [2.75, 3.05) is 37.8 Å². The number of aliphatic hydroxyl groups is 1. The molecular weight excluding hydrogens is 298 g/mol. The average molecular weight is 317 g/mol. The molecule has 0 amide bonds. The van der Waals surface area contributed by atoms with E-state index in [1.165, 1.54) is 10.9 Å². The predicted molar refractivity (Wildman–Crippen MR) is 83.9 cm³/mol. The van der Waals surface area contributed by atoms with Gasteiger partial charge in [-0.15, -0.1) is 0 Å². The van der Waals surface area contributed by atoms with Crippen LogP contribution in [0.4, 0.5) is 5.82 Å². The van der Waals surface area contributed by atoms with Gasteiger partial charge in [-0.1, -0.05) is 0 Å². The van der Waals surface area contributed by atoms with Crippen LogP contribution >= 0.6 is 0 Å². The summed E-state index contributed by atoms with van der Waals surface area (Å²) in [4.78, 5) is 27.2. The van der Waals surface area contributed by atoms with Gasteiger partial charge >= 0.3 is 0 Å². The number of rotatable bonds is 5. The Balaban J connectivity index is 2.05. The minimum atomic E-state index is -0.200. The van der Waals surface area contributed by atoms with Gasteiger partial charge in [-0.25, -0.2) is 15.0 Å². The van der Waals surface area contributed by atoms with Crippen LogP contribution in [0.15, 0.2) is 29.7 Å². The largest absolute Gasteiger partial charge is 0.396 e. The zero-order chi connectivity index (χ0) is 16.1. The highest BCUT2D eigenvalue weighted by Crippen LogP contribution is 2.12. The maximum Gasteiger partial charge on any atom is 0.298 e. The maximum absolute atomic E-state index is 12.8. The van der Waals surface area contributed by atoms with Gasteiger partial charge in [-0.2, -0.15) is 0 Å². The molecule has 1 fully saturated rings. The van der Waals surface area contributed by atoms with Crippen molar-refractivity contribution in [3.8, 4) is 5.69 Å². The zero-order valence-corrected chi connectivity index (χ0v) is 12.8. The van der Waals surface area contributed by atoms with Crippen LogP contribution in [0.2, 0.25) is 0 Å². The van der Waals surface area contributed by atoms with E-state index in [2.05, 4.69) is 15.0 Å². The number of aryl methyl sites for hydroxylation is 1. The van der Waals surface area contributed by atoms with E-state index < -0.39 is 0 Å². The van der Waals surface area contributed by atoms with Crippen molar-refractivity contribution >= 4 is 5.82 Å². The molecule has 1 aliphatic heterocycles. The molecule has 8 heteroatoms. The minimum absolute atomic E-state index is 0.0855. The number of ether oxygens (including phenoxy) is 1. The van der Waals surface area contributed by atoms with Gasteiger partial charge in [0.15, 0.2) is 5.82 Å². The molecule has 0 saturated carbocycles. The molecule has 0 radical (unpaired) electrons. The molecule has 1 aliphatic rings. The van der Waals surface area contributed by atoms with E-state index in [4.69, 9.17) is 9.84 Å². The topological polar surface area (TPSA) is 93.4 Å². The second-order valence-corrected chi connectivity index (χ2v) is 5.25. The first-order valence-corrected chi connectivity index (χ1v) is 7.61. The third-order valence-electron chi connectivity index (χ3n) is 3.66. The van der Waals surface area contributed by atoms with Gasteiger partial charge < -0.3 is 14.7 Å². The fourth-order valence-corrected chi connectivity index (χ4v) is 2.50. The predicted octanol–water partition coefficient (Wildman–Crippen LogP) is -0.216. The summed E-state index contributed by atoms with van der Waals surface area (Å²) in [7, 11) is 0. The Labute approximate surface area is 133 Å². The highest BCUT2D eigenvalue weighted by molar-refractivity contribution is 5.41. The summed E-state index contributed by atoms with van der Waals surface area (Å²) in [6.45, 7) is 2.52. The molecule has 0 spiro atoms. The molecule has 0 aliphatic carbocycles. The molecule has 1 N–H and O–H groups in total. The van der Waals surface area contributed by atoms with Gasteiger partial charge in [0.05, 0.1) is 37.0 Å². The molecule has 3 rings (SSSR count). The van der Waals surface area contributed by atoms with Crippen molar-refractivity contribution < 1.29 is 9.84 Å². The summed E-state index contributed by atoms with van der Waals surface area (Å²) in [5, 5.41) is 9.04. The number of hydrogen-bond donors (Lipinski definition) is 1. The molecule has 0 bridgehead atoms. The third kappa shape index (κ3) is 3.54. The van der Waals surface area contributed by atoms with Crippen LogP contribution in [0.5, 0.6) is 0 Å². The molecule has 8 nitrogen and oxygen atoms in total. The summed E-state index contributed by atoms with van der Waals surface area (Å²) < 4.78 is 6.86. The Kier molecular flexibility index (Phi) is 4.94. The van der Waals surface area contributed by atoms with Gasteiger partial charge in [-0.05, 0) is 12.8 Å². The lowest BCUT2D eigenvalue weighted by Crippen LogP contribution is -2.41. The Hall–Kier alpha value is -2.32. The van der Waals surface area contributed by atoms with Crippen LogP contribution in [0.3, 0.4) is 0 Å². The Morgan fingerprint density at radius 2 is 1.96 bits per heavy atom. The second-order valence-electron chi connectivity index (χ2n) is 5.25. The smallest absolute Gasteiger partial charge is 0.298 e. The Bertz CT molecular complexity index is 698. The van der Waals surface area contributed by atoms with Gasteiger partial charge in [0.25, 0.3) is 5.56 Å². The lowest BCUT2D eigenvalue weighted by molar-refractivity contribution is 0.122. The van der Waals surface area contributed by atoms with E-state index in [9.17, 15) is 4.79 Å². The number of aromatic nitrogens is 4. The third-order valence-corrected chi connectivity index (χ3v) is 3.66. The summed E-state index contributed by atoms with van der Waals surface area (Å²) in [6, 6.07) is 0. The summed E-state index contributed by atoms with van der Waals surface area (Å²) in [5.41, 5.74) is 1.15. The van der Waals surface area contributed by atoms with Crippen molar-refractivity contribution in [2.45, 2.75) is 12.8 Å². The standard InChI is InChI=1S/C15H19N5O3/c21-5-1-2-12-10-20(13-8-16-11-17-9-13)15(22)14(18-12)19-3-6-23-7-4-19/h8-11,21H,1-7H2. The lowest BCUT2D eigenvalue weighted by atomic mass is 10.2. The first-order valence-electron chi connectivity index (χ1n) is 7.61. The van der Waals surface area contributed by atoms with Crippen molar-refractivity contribution in [1.82, 2.24) is 19.5 Å². The summed E-state index contributed by atoms with van der Waals surface area (Å²) in [6.07, 6.45) is 7.49. The molecule has 0 unspecified atom stereocenters. The summed E-state index contributed by atoms with van der Waals surface area (Å²) >= 11 is 0. The monoisotopic (exact) mass is 317 g/mol. The highest BCUT2D eigenvalue weighted by atomic mass is 16.5. The number of anilines is 1. The van der Waals surface area contributed by atoms with Crippen LogP contribution in [-0.4, -0.2) is 57.5 Å². The van der Waals surface area contributed by atoms with Crippen molar-refractivity contribution in [3.05, 3.63) is 41.0 Å². The van der Waals surface area contributed by atoms with Gasteiger partial charge in [0.1, 0.15) is 6.33 Å². The van der Waals surface area contributed by atoms with E-state index in [1.807, 2.05) is 4.90 Å². The zero-order valence-electron chi connectivity index (χ0n) is 12.8. The van der Waals surface area contributed by atoms with Gasteiger partial charge in [-0.3, -0.25) is 9.36 Å². The number of aliphatic hydroxyl groups excluding tert-OH is 1. The molecule has 2 aromatic rings. The van der Waals surface area contributed by atoms with E-state index in [0.717, 1.165) is 5.69 Å². The fraction of sp³-hybridized carbons (Fsp3) is 0.467. The fourth-order valence-electron chi connectivity index (χ4n) is 2.50. The number of hydrogen-bond acceptors (Lipinski definition) is 7. The van der Waals surface area contributed by atoms with Crippen LogP contribution in [-0.2, 0) is 11.2 Å². The van der Waals surface area contributed by atoms with Gasteiger partial charge in [0, 0.05) is 25.9 Å². The Morgan fingerprint density at radius 3 is 2.65 bits per heavy atom. The van der Waals surface area contributed by atoms with Crippen molar-refractivity contribution in [2.24, 2.45) is 0 Å².